The molecule has 2 heterocycles. The molecule has 0 atom stereocenters. The molecule has 154 valence electrons. The predicted molar refractivity (Wildman–Crippen MR) is 106 cm³/mol. The maximum atomic E-state index is 11.4. The molecule has 3 aromatic rings. The Morgan fingerprint density at radius 1 is 1.10 bits per heavy atom. The van der Waals surface area contributed by atoms with Gasteiger partial charge in [0.1, 0.15) is 18.1 Å². The molecule has 0 radical (unpaired) electrons. The number of aromatic carboxylic acids is 1. The lowest BCUT2D eigenvalue weighted by atomic mass is 10.1. The number of benzene rings is 2. The molecule has 0 spiro atoms. The maximum absolute atomic E-state index is 11.4. The Labute approximate surface area is 173 Å². The van der Waals surface area contributed by atoms with Gasteiger partial charge < -0.3 is 24.1 Å². The van der Waals surface area contributed by atoms with E-state index in [1.165, 1.54) is 6.20 Å². The fourth-order valence-electron chi connectivity index (χ4n) is 3.03. The molecule has 8 heteroatoms. The summed E-state index contributed by atoms with van der Waals surface area (Å²) in [7, 11) is 0. The van der Waals surface area contributed by atoms with Crippen LogP contribution in [0.2, 0.25) is 0 Å². The number of hydrogen-bond donors (Lipinski definition) is 1. The van der Waals surface area contributed by atoms with E-state index >= 15 is 0 Å². The van der Waals surface area contributed by atoms with E-state index in [-0.39, 0.29) is 11.6 Å². The molecular weight excluding hydrogens is 388 g/mol. The van der Waals surface area contributed by atoms with Gasteiger partial charge in [0.25, 0.3) is 0 Å². The minimum Gasteiger partial charge on any atom is -0.488 e. The van der Waals surface area contributed by atoms with Gasteiger partial charge in [0.2, 0.25) is 5.88 Å². The number of hydrogen-bond acceptors (Lipinski definition) is 7. The first-order valence-electron chi connectivity index (χ1n) is 9.39. The smallest absolute Gasteiger partial charge is 0.356 e. The molecule has 4 rings (SSSR count). The second kappa shape index (κ2) is 8.89. The topological polar surface area (TPSA) is 100 Å². The third kappa shape index (κ3) is 4.40. The first-order valence-corrected chi connectivity index (χ1v) is 9.39. The molecule has 1 fully saturated rings. The SMILES string of the molecule is Cc1ncc(Oc2cccc(OCc3ccccc3)c2C2OCCO2)nc1C(=O)O. The molecule has 1 aliphatic heterocycles. The lowest BCUT2D eigenvalue weighted by molar-refractivity contribution is -0.0470. The van der Waals surface area contributed by atoms with Crippen molar-refractivity contribution in [2.75, 3.05) is 13.2 Å². The van der Waals surface area contributed by atoms with Crippen LogP contribution in [-0.4, -0.2) is 34.3 Å². The van der Waals surface area contributed by atoms with Crippen molar-refractivity contribution in [3.05, 3.63) is 77.2 Å². The number of carboxylic acid groups (broad SMARTS) is 1. The fraction of sp³-hybridized carbons (Fsp3) is 0.227. The molecular formula is C22H20N2O6. The van der Waals surface area contributed by atoms with Crippen molar-refractivity contribution in [1.82, 2.24) is 9.97 Å². The van der Waals surface area contributed by atoms with Gasteiger partial charge >= 0.3 is 5.97 Å². The van der Waals surface area contributed by atoms with E-state index in [2.05, 4.69) is 9.97 Å². The van der Waals surface area contributed by atoms with Gasteiger partial charge in [0.15, 0.2) is 12.0 Å². The van der Waals surface area contributed by atoms with Gasteiger partial charge in [0.05, 0.1) is 30.7 Å². The summed E-state index contributed by atoms with van der Waals surface area (Å²) in [6.45, 7) is 2.83. The minimum absolute atomic E-state index is 0.0532. The second-order valence-electron chi connectivity index (χ2n) is 6.57. The van der Waals surface area contributed by atoms with Gasteiger partial charge in [-0.1, -0.05) is 36.4 Å². The molecule has 8 nitrogen and oxygen atoms in total. The normalized spacial score (nSPS) is 13.9. The van der Waals surface area contributed by atoms with Crippen LogP contribution in [0.3, 0.4) is 0 Å². The molecule has 0 aliphatic carbocycles. The first kappa shape index (κ1) is 19.8. The van der Waals surface area contributed by atoms with Crippen LogP contribution >= 0.6 is 0 Å². The number of carboxylic acids is 1. The Morgan fingerprint density at radius 3 is 2.57 bits per heavy atom. The highest BCUT2D eigenvalue weighted by atomic mass is 16.7. The van der Waals surface area contributed by atoms with Gasteiger partial charge in [-0.15, -0.1) is 0 Å². The third-order valence-corrected chi connectivity index (χ3v) is 4.47. The Balaban J connectivity index is 1.65. The molecule has 1 N–H and O–H groups in total. The van der Waals surface area contributed by atoms with E-state index in [4.69, 9.17) is 18.9 Å². The van der Waals surface area contributed by atoms with Gasteiger partial charge in [-0.25, -0.2) is 9.78 Å². The van der Waals surface area contributed by atoms with Crippen LogP contribution in [-0.2, 0) is 16.1 Å². The summed E-state index contributed by atoms with van der Waals surface area (Å²) < 4.78 is 23.3. The lowest BCUT2D eigenvalue weighted by Crippen LogP contribution is -2.08. The van der Waals surface area contributed by atoms with E-state index in [1.807, 2.05) is 30.3 Å². The molecule has 30 heavy (non-hydrogen) atoms. The van der Waals surface area contributed by atoms with Crippen molar-refractivity contribution < 1.29 is 28.8 Å². The molecule has 1 saturated heterocycles. The maximum Gasteiger partial charge on any atom is 0.356 e. The van der Waals surface area contributed by atoms with Crippen molar-refractivity contribution in [2.24, 2.45) is 0 Å². The van der Waals surface area contributed by atoms with E-state index in [1.54, 1.807) is 25.1 Å². The standard InChI is InChI=1S/C22H20N2O6/c1-14-20(21(25)26)24-18(12-23-14)30-17-9-5-8-16(19(17)22-27-10-11-28-22)29-13-15-6-3-2-4-7-15/h2-9,12,22H,10-11,13H2,1H3,(H,25,26). The average molecular weight is 408 g/mol. The molecule has 0 bridgehead atoms. The summed E-state index contributed by atoms with van der Waals surface area (Å²) in [4.78, 5) is 19.5. The molecule has 1 aromatic heterocycles. The molecule has 0 amide bonds. The van der Waals surface area contributed by atoms with Gasteiger partial charge in [0, 0.05) is 0 Å². The molecule has 2 aromatic carbocycles. The van der Waals surface area contributed by atoms with Crippen LogP contribution in [0.25, 0.3) is 0 Å². The first-order chi connectivity index (χ1) is 14.6. The summed E-state index contributed by atoms with van der Waals surface area (Å²) >= 11 is 0. The zero-order valence-corrected chi connectivity index (χ0v) is 16.3. The largest absolute Gasteiger partial charge is 0.488 e. The van der Waals surface area contributed by atoms with Crippen LogP contribution in [0.15, 0.2) is 54.7 Å². The molecule has 0 unspecified atom stereocenters. The van der Waals surface area contributed by atoms with Crippen molar-refractivity contribution in [3.8, 4) is 17.4 Å². The number of aromatic nitrogens is 2. The summed E-state index contributed by atoms with van der Waals surface area (Å²) in [6, 6.07) is 15.1. The minimum atomic E-state index is -1.17. The van der Waals surface area contributed by atoms with Gasteiger partial charge in [-0.2, -0.15) is 0 Å². The van der Waals surface area contributed by atoms with E-state index < -0.39 is 12.3 Å². The third-order valence-electron chi connectivity index (χ3n) is 4.47. The van der Waals surface area contributed by atoms with Gasteiger partial charge in [-0.3, -0.25) is 4.98 Å². The van der Waals surface area contributed by atoms with Crippen LogP contribution < -0.4 is 9.47 Å². The van der Waals surface area contributed by atoms with E-state index in [0.717, 1.165) is 5.56 Å². The fourth-order valence-corrected chi connectivity index (χ4v) is 3.03. The monoisotopic (exact) mass is 408 g/mol. The zero-order chi connectivity index (χ0) is 20.9. The second-order valence-corrected chi connectivity index (χ2v) is 6.57. The number of nitrogens with zero attached hydrogens (tertiary/aromatic N) is 2. The Morgan fingerprint density at radius 2 is 1.83 bits per heavy atom. The van der Waals surface area contributed by atoms with Crippen molar-refractivity contribution >= 4 is 5.97 Å². The van der Waals surface area contributed by atoms with E-state index in [0.29, 0.717) is 42.6 Å². The van der Waals surface area contributed by atoms with Crippen LogP contribution in [0, 0.1) is 6.92 Å². The van der Waals surface area contributed by atoms with Crippen LogP contribution in [0.5, 0.6) is 17.4 Å². The zero-order valence-electron chi connectivity index (χ0n) is 16.3. The number of rotatable bonds is 7. The van der Waals surface area contributed by atoms with Crippen molar-refractivity contribution in [1.29, 1.82) is 0 Å². The van der Waals surface area contributed by atoms with E-state index in [9.17, 15) is 9.90 Å². The highest BCUT2D eigenvalue weighted by molar-refractivity contribution is 5.86. The lowest BCUT2D eigenvalue weighted by Gasteiger charge is -2.19. The van der Waals surface area contributed by atoms with Crippen molar-refractivity contribution in [3.63, 3.8) is 0 Å². The quantitative estimate of drug-likeness (QED) is 0.628. The summed E-state index contributed by atoms with van der Waals surface area (Å²) in [5, 5.41) is 9.29. The highest BCUT2D eigenvalue weighted by Gasteiger charge is 2.27. The summed E-state index contributed by atoms with van der Waals surface area (Å²) in [5.41, 5.74) is 1.72. The number of carbonyl (C=O) groups is 1. The number of ether oxygens (including phenoxy) is 4. The Bertz CT molecular complexity index is 1040. The summed E-state index contributed by atoms with van der Waals surface area (Å²) in [5.74, 6) is -0.186. The van der Waals surface area contributed by atoms with Crippen LogP contribution in [0.1, 0.15) is 33.6 Å². The summed E-state index contributed by atoms with van der Waals surface area (Å²) in [6.07, 6.45) is 0.712. The van der Waals surface area contributed by atoms with Gasteiger partial charge in [-0.05, 0) is 24.6 Å². The van der Waals surface area contributed by atoms with Crippen molar-refractivity contribution in [2.45, 2.75) is 19.8 Å². The molecule has 0 saturated carbocycles. The Kier molecular flexibility index (Phi) is 5.87. The molecule has 1 aliphatic rings. The highest BCUT2D eigenvalue weighted by Crippen LogP contribution is 2.40. The predicted octanol–water partition coefficient (Wildman–Crippen LogP) is 3.90. The van der Waals surface area contributed by atoms with Crippen LogP contribution in [0.4, 0.5) is 0 Å². The average Bonchev–Trinajstić information content (AvgIpc) is 3.28. The number of aryl methyl sites for hydroxylation is 1. The Hall–Kier alpha value is -3.49.